The Labute approximate surface area is 203 Å². The number of hydrogen-bond acceptors (Lipinski definition) is 3. The highest BCUT2D eigenvalue weighted by atomic mass is 35.5. The highest BCUT2D eigenvalue weighted by Gasteiger charge is 2.42. The zero-order chi connectivity index (χ0) is 23.7. The number of rotatable bonds is 4. The zero-order valence-corrected chi connectivity index (χ0v) is 20.1. The monoisotopic (exact) mass is 482 g/mol. The van der Waals surface area contributed by atoms with Gasteiger partial charge in [0.2, 0.25) is 0 Å². The van der Waals surface area contributed by atoms with Crippen molar-refractivity contribution in [3.63, 3.8) is 0 Å². The first-order valence-electron chi connectivity index (χ1n) is 10.5. The van der Waals surface area contributed by atoms with Gasteiger partial charge < -0.3 is 9.64 Å². The summed E-state index contributed by atoms with van der Waals surface area (Å²) in [6.45, 7) is 1.98. The lowest BCUT2D eigenvalue weighted by molar-refractivity contribution is -0.141. The number of benzene rings is 3. The molecule has 1 atom stereocenters. The van der Waals surface area contributed by atoms with Gasteiger partial charge in [0.1, 0.15) is 6.04 Å². The molecule has 0 aliphatic carbocycles. The molecule has 0 saturated heterocycles. The zero-order valence-electron chi connectivity index (χ0n) is 18.6. The summed E-state index contributed by atoms with van der Waals surface area (Å²) >= 11 is 12.2. The average molecular weight is 483 g/mol. The van der Waals surface area contributed by atoms with Gasteiger partial charge in [-0.1, -0.05) is 59.6 Å². The van der Waals surface area contributed by atoms with E-state index in [-0.39, 0.29) is 6.03 Å². The molecule has 0 N–H and O–H groups in total. The van der Waals surface area contributed by atoms with Gasteiger partial charge in [0.15, 0.2) is 0 Å². The third kappa shape index (κ3) is 4.43. The van der Waals surface area contributed by atoms with Gasteiger partial charge in [0.05, 0.1) is 13.2 Å². The molecule has 170 valence electrons. The van der Waals surface area contributed by atoms with E-state index in [1.165, 1.54) is 7.11 Å². The van der Waals surface area contributed by atoms with Crippen LogP contribution in [0.1, 0.15) is 28.3 Å². The highest BCUT2D eigenvalue weighted by Crippen LogP contribution is 2.38. The highest BCUT2D eigenvalue weighted by molar-refractivity contribution is 6.30. The summed E-state index contributed by atoms with van der Waals surface area (Å²) in [4.78, 5) is 29.8. The maximum absolute atomic E-state index is 14.0. The van der Waals surface area contributed by atoms with E-state index >= 15 is 0 Å². The smallest absolute Gasteiger partial charge is 0.329 e. The van der Waals surface area contributed by atoms with E-state index in [9.17, 15) is 9.59 Å². The Morgan fingerprint density at radius 2 is 1.52 bits per heavy atom. The molecule has 1 unspecified atom stereocenters. The molecule has 2 amide bonds. The standard InChI is InChI=1S/C26H24Cl2N2O3/c1-16-5-4-6-22-21(16)15-23(25(31)33-3)30(22)26(32)29(2)24(17-7-11-19(27)12-8-17)18-9-13-20(28)14-10-18/h4-14,23-24H,15H2,1-3H3. The Kier molecular flexibility index (Phi) is 6.63. The summed E-state index contributed by atoms with van der Waals surface area (Å²) < 4.78 is 5.04. The third-order valence-electron chi connectivity index (χ3n) is 6.09. The van der Waals surface area contributed by atoms with Crippen molar-refractivity contribution < 1.29 is 14.3 Å². The van der Waals surface area contributed by atoms with E-state index in [0.717, 1.165) is 27.9 Å². The molecule has 0 radical (unpaired) electrons. The van der Waals surface area contributed by atoms with Crippen molar-refractivity contribution >= 4 is 40.9 Å². The topological polar surface area (TPSA) is 49.9 Å². The molecule has 1 heterocycles. The molecule has 1 aliphatic rings. The fourth-order valence-electron chi connectivity index (χ4n) is 4.40. The van der Waals surface area contributed by atoms with Crippen molar-refractivity contribution in [3.05, 3.63) is 99.0 Å². The molecule has 33 heavy (non-hydrogen) atoms. The number of carbonyl (C=O) groups is 2. The minimum atomic E-state index is -0.725. The number of urea groups is 1. The van der Waals surface area contributed by atoms with Crippen LogP contribution in [0.25, 0.3) is 0 Å². The molecule has 7 heteroatoms. The van der Waals surface area contributed by atoms with E-state index in [4.69, 9.17) is 27.9 Å². The molecule has 0 bridgehead atoms. The first kappa shape index (κ1) is 23.1. The number of anilines is 1. The fraction of sp³-hybridized carbons (Fsp3) is 0.231. The number of halogens is 2. The molecule has 0 aromatic heterocycles. The van der Waals surface area contributed by atoms with Crippen molar-refractivity contribution in [1.29, 1.82) is 0 Å². The van der Waals surface area contributed by atoms with Gasteiger partial charge >= 0.3 is 12.0 Å². The number of aryl methyl sites for hydroxylation is 1. The molecule has 3 aromatic rings. The maximum atomic E-state index is 14.0. The molecule has 0 fully saturated rings. The summed E-state index contributed by atoms with van der Waals surface area (Å²) in [7, 11) is 3.08. The van der Waals surface area contributed by atoms with Crippen LogP contribution in [-0.4, -0.2) is 37.1 Å². The van der Waals surface area contributed by atoms with E-state index in [1.807, 2.05) is 49.4 Å². The largest absolute Gasteiger partial charge is 0.467 e. The number of carbonyl (C=O) groups excluding carboxylic acids is 2. The van der Waals surface area contributed by atoms with Gasteiger partial charge in [0, 0.05) is 29.2 Å². The molecule has 1 aliphatic heterocycles. The maximum Gasteiger partial charge on any atom is 0.329 e. The Balaban J connectivity index is 1.78. The van der Waals surface area contributed by atoms with Gasteiger partial charge in [-0.2, -0.15) is 0 Å². The van der Waals surface area contributed by atoms with Crippen molar-refractivity contribution in [2.45, 2.75) is 25.4 Å². The Bertz CT molecular complexity index is 1130. The first-order valence-corrected chi connectivity index (χ1v) is 11.3. The molecule has 3 aromatic carbocycles. The molecular formula is C26H24Cl2N2O3. The number of amides is 2. The third-order valence-corrected chi connectivity index (χ3v) is 6.60. The number of ether oxygens (including phenoxy) is 1. The number of fused-ring (bicyclic) bond motifs is 1. The lowest BCUT2D eigenvalue weighted by Gasteiger charge is -2.34. The number of nitrogens with zero attached hydrogens (tertiary/aromatic N) is 2. The molecule has 0 spiro atoms. The Hall–Kier alpha value is -3.02. The van der Waals surface area contributed by atoms with Crippen molar-refractivity contribution in [2.24, 2.45) is 0 Å². The van der Waals surface area contributed by atoms with Crippen LogP contribution in [0, 0.1) is 6.92 Å². The van der Waals surface area contributed by atoms with Crippen LogP contribution in [0.4, 0.5) is 10.5 Å². The first-order chi connectivity index (χ1) is 15.8. The lowest BCUT2D eigenvalue weighted by Crippen LogP contribution is -2.50. The lowest BCUT2D eigenvalue weighted by atomic mass is 9.97. The van der Waals surface area contributed by atoms with Crippen molar-refractivity contribution in [3.8, 4) is 0 Å². The quantitative estimate of drug-likeness (QED) is 0.425. The van der Waals surface area contributed by atoms with Crippen LogP contribution >= 0.6 is 23.2 Å². The van der Waals surface area contributed by atoms with E-state index in [1.54, 1.807) is 41.1 Å². The van der Waals surface area contributed by atoms with Gasteiger partial charge in [-0.3, -0.25) is 4.90 Å². The summed E-state index contributed by atoms with van der Waals surface area (Å²) in [5.41, 5.74) is 4.51. The second-order valence-corrected chi connectivity index (χ2v) is 8.96. The second kappa shape index (κ2) is 9.46. The fourth-order valence-corrected chi connectivity index (χ4v) is 4.65. The van der Waals surface area contributed by atoms with Gasteiger partial charge in [-0.25, -0.2) is 9.59 Å². The normalized spacial score (nSPS) is 14.8. The minimum Gasteiger partial charge on any atom is -0.467 e. The van der Waals surface area contributed by atoms with Crippen molar-refractivity contribution in [2.75, 3.05) is 19.1 Å². The van der Waals surface area contributed by atoms with Crippen LogP contribution in [0.5, 0.6) is 0 Å². The summed E-state index contributed by atoms with van der Waals surface area (Å²) in [6.07, 6.45) is 0.417. The molecule has 4 rings (SSSR count). The second-order valence-electron chi connectivity index (χ2n) is 8.08. The minimum absolute atomic E-state index is 0.301. The van der Waals surface area contributed by atoms with Crippen LogP contribution in [-0.2, 0) is 16.0 Å². The predicted molar refractivity (Wildman–Crippen MR) is 131 cm³/mol. The summed E-state index contributed by atoms with van der Waals surface area (Å²) in [5, 5.41) is 1.22. The molecule has 5 nitrogen and oxygen atoms in total. The molecule has 0 saturated carbocycles. The van der Waals surface area contributed by atoms with Crippen LogP contribution < -0.4 is 4.90 Å². The average Bonchev–Trinajstić information content (AvgIpc) is 3.21. The number of esters is 1. The number of hydrogen-bond donors (Lipinski definition) is 0. The van der Waals surface area contributed by atoms with Crippen LogP contribution in [0.15, 0.2) is 66.7 Å². The summed E-state index contributed by atoms with van der Waals surface area (Å²) in [5.74, 6) is -0.443. The summed E-state index contributed by atoms with van der Waals surface area (Å²) in [6, 6.07) is 19.1. The van der Waals surface area contributed by atoms with Crippen LogP contribution in [0.3, 0.4) is 0 Å². The van der Waals surface area contributed by atoms with Gasteiger partial charge in [-0.05, 0) is 59.5 Å². The van der Waals surface area contributed by atoms with Crippen LogP contribution in [0.2, 0.25) is 10.0 Å². The van der Waals surface area contributed by atoms with Gasteiger partial charge in [-0.15, -0.1) is 0 Å². The Morgan fingerprint density at radius 3 is 2.03 bits per heavy atom. The Morgan fingerprint density at radius 1 is 0.970 bits per heavy atom. The van der Waals surface area contributed by atoms with Crippen molar-refractivity contribution in [1.82, 2.24) is 4.90 Å². The SMILES string of the molecule is COC(=O)C1Cc2c(C)cccc2N1C(=O)N(C)C(c1ccc(Cl)cc1)c1ccc(Cl)cc1. The predicted octanol–water partition coefficient (Wildman–Crippen LogP) is 6.05. The van der Waals surface area contributed by atoms with Gasteiger partial charge in [0.25, 0.3) is 0 Å². The van der Waals surface area contributed by atoms with E-state index in [2.05, 4.69) is 0 Å². The molecular weight excluding hydrogens is 459 g/mol. The number of methoxy groups -OCH3 is 1. The van der Waals surface area contributed by atoms with E-state index < -0.39 is 18.1 Å². The van der Waals surface area contributed by atoms with E-state index in [0.29, 0.717) is 16.5 Å².